The zero-order chi connectivity index (χ0) is 16.9. The molecule has 2 heterocycles. The summed E-state index contributed by atoms with van der Waals surface area (Å²) in [6.07, 6.45) is 0. The molecule has 0 bridgehead atoms. The number of benzene rings is 1. The zero-order valence-corrected chi connectivity index (χ0v) is 14.7. The van der Waals surface area contributed by atoms with Crippen molar-refractivity contribution in [3.63, 3.8) is 0 Å². The van der Waals surface area contributed by atoms with Crippen LogP contribution in [0.4, 0.5) is 5.69 Å². The van der Waals surface area contributed by atoms with Gasteiger partial charge in [0.05, 0.1) is 13.1 Å². The minimum absolute atomic E-state index is 0.0842. The van der Waals surface area contributed by atoms with Crippen molar-refractivity contribution in [3.05, 3.63) is 46.2 Å². The molecule has 1 aliphatic heterocycles. The minimum atomic E-state index is 0.0842. The van der Waals surface area contributed by atoms with Gasteiger partial charge >= 0.3 is 0 Å². The lowest BCUT2D eigenvalue weighted by Gasteiger charge is -2.35. The second kappa shape index (κ2) is 7.68. The van der Waals surface area contributed by atoms with Gasteiger partial charge in [0.25, 0.3) is 0 Å². The third-order valence-corrected chi connectivity index (χ3v) is 5.39. The van der Waals surface area contributed by atoms with E-state index in [1.54, 1.807) is 23.5 Å². The second-order valence-corrected chi connectivity index (χ2v) is 7.08. The number of amides is 1. The molecule has 3 rings (SSSR count). The molecule has 2 N–H and O–H groups in total. The normalized spacial score (nSPS) is 15.5. The molecule has 5 nitrogen and oxygen atoms in total. The first-order valence-corrected chi connectivity index (χ1v) is 9.06. The van der Waals surface area contributed by atoms with E-state index in [-0.39, 0.29) is 11.7 Å². The summed E-state index contributed by atoms with van der Waals surface area (Å²) in [4.78, 5) is 17.8. The molecule has 0 saturated carbocycles. The van der Waals surface area contributed by atoms with E-state index in [1.807, 2.05) is 12.1 Å². The van der Waals surface area contributed by atoms with Crippen molar-refractivity contribution in [2.45, 2.75) is 13.5 Å². The van der Waals surface area contributed by atoms with Crippen molar-refractivity contribution in [3.8, 4) is 5.75 Å². The van der Waals surface area contributed by atoms with Crippen LogP contribution in [0.3, 0.4) is 0 Å². The van der Waals surface area contributed by atoms with Gasteiger partial charge in [-0.3, -0.25) is 9.69 Å². The van der Waals surface area contributed by atoms with Gasteiger partial charge in [0.15, 0.2) is 0 Å². The third kappa shape index (κ3) is 4.27. The number of nitrogens with one attached hydrogen (secondary N) is 1. The van der Waals surface area contributed by atoms with Gasteiger partial charge in [-0.25, -0.2) is 0 Å². The lowest BCUT2D eigenvalue weighted by molar-refractivity contribution is -0.122. The molecule has 6 heteroatoms. The number of thiophene rings is 1. The Morgan fingerprint density at radius 1 is 1.17 bits per heavy atom. The van der Waals surface area contributed by atoms with Gasteiger partial charge < -0.3 is 15.3 Å². The van der Waals surface area contributed by atoms with Gasteiger partial charge in [0, 0.05) is 36.7 Å². The van der Waals surface area contributed by atoms with Gasteiger partial charge in [0.2, 0.25) is 5.91 Å². The van der Waals surface area contributed by atoms with Gasteiger partial charge in [-0.1, -0.05) is 0 Å². The van der Waals surface area contributed by atoms with E-state index in [4.69, 9.17) is 0 Å². The highest BCUT2D eigenvalue weighted by Gasteiger charge is 2.19. The van der Waals surface area contributed by atoms with Crippen LogP contribution in [0.2, 0.25) is 0 Å². The second-order valence-electron chi connectivity index (χ2n) is 6.08. The highest BCUT2D eigenvalue weighted by atomic mass is 32.1. The number of hydrogen-bond acceptors (Lipinski definition) is 5. The standard InChI is InChI=1S/C18H23N3O2S/c1-14-6-11-24-17(14)12-19-18(23)13-20-7-9-21(10-8-20)15-2-4-16(22)5-3-15/h2-6,11,22H,7-10,12-13H2,1H3,(H,19,23). The lowest BCUT2D eigenvalue weighted by Crippen LogP contribution is -2.49. The van der Waals surface area contributed by atoms with Crippen molar-refractivity contribution in [2.75, 3.05) is 37.6 Å². The molecular weight excluding hydrogens is 322 g/mol. The molecule has 1 aliphatic rings. The summed E-state index contributed by atoms with van der Waals surface area (Å²) in [5, 5.41) is 14.4. The summed E-state index contributed by atoms with van der Waals surface area (Å²) >= 11 is 1.68. The molecule has 1 aromatic carbocycles. The van der Waals surface area contributed by atoms with E-state index < -0.39 is 0 Å². The Hall–Kier alpha value is -2.05. The molecular formula is C18H23N3O2S. The first-order chi connectivity index (χ1) is 11.6. The van der Waals surface area contributed by atoms with Crippen molar-refractivity contribution in [1.29, 1.82) is 0 Å². The van der Waals surface area contributed by atoms with Gasteiger partial charge in [-0.2, -0.15) is 0 Å². The van der Waals surface area contributed by atoms with Gasteiger partial charge in [0.1, 0.15) is 5.75 Å². The molecule has 1 amide bonds. The highest BCUT2D eigenvalue weighted by Crippen LogP contribution is 2.19. The van der Waals surface area contributed by atoms with E-state index in [1.165, 1.54) is 10.4 Å². The van der Waals surface area contributed by atoms with Crippen LogP contribution in [0.15, 0.2) is 35.7 Å². The number of carbonyl (C=O) groups excluding carboxylic acids is 1. The van der Waals surface area contributed by atoms with Crippen LogP contribution in [-0.4, -0.2) is 48.6 Å². The summed E-state index contributed by atoms with van der Waals surface area (Å²) in [5.74, 6) is 0.371. The maximum atomic E-state index is 12.1. The Labute approximate surface area is 146 Å². The Morgan fingerprint density at radius 3 is 2.50 bits per heavy atom. The highest BCUT2D eigenvalue weighted by molar-refractivity contribution is 7.10. The third-order valence-electron chi connectivity index (χ3n) is 4.37. The maximum Gasteiger partial charge on any atom is 0.234 e. The average Bonchev–Trinajstić information content (AvgIpc) is 3.00. The Balaban J connectivity index is 1.42. The Kier molecular flexibility index (Phi) is 5.37. The monoisotopic (exact) mass is 345 g/mol. The lowest BCUT2D eigenvalue weighted by atomic mass is 10.2. The fourth-order valence-corrected chi connectivity index (χ4v) is 3.70. The van der Waals surface area contributed by atoms with Crippen LogP contribution in [-0.2, 0) is 11.3 Å². The average molecular weight is 345 g/mol. The molecule has 0 aliphatic carbocycles. The number of piperazine rings is 1. The largest absolute Gasteiger partial charge is 0.508 e. The summed E-state index contributed by atoms with van der Waals surface area (Å²) in [7, 11) is 0. The number of nitrogens with zero attached hydrogens (tertiary/aromatic N) is 2. The minimum Gasteiger partial charge on any atom is -0.508 e. The number of aromatic hydroxyl groups is 1. The zero-order valence-electron chi connectivity index (χ0n) is 13.9. The fourth-order valence-electron chi connectivity index (χ4n) is 2.85. The smallest absolute Gasteiger partial charge is 0.234 e. The van der Waals surface area contributed by atoms with Gasteiger partial charge in [-0.15, -0.1) is 11.3 Å². The van der Waals surface area contributed by atoms with Crippen LogP contribution in [0.1, 0.15) is 10.4 Å². The first-order valence-electron chi connectivity index (χ1n) is 8.18. The quantitative estimate of drug-likeness (QED) is 0.872. The van der Waals surface area contributed by atoms with E-state index in [2.05, 4.69) is 33.5 Å². The van der Waals surface area contributed by atoms with Crippen LogP contribution < -0.4 is 10.2 Å². The van der Waals surface area contributed by atoms with Crippen LogP contribution in [0.25, 0.3) is 0 Å². The predicted molar refractivity (Wildman–Crippen MR) is 97.7 cm³/mol. The summed E-state index contributed by atoms with van der Waals surface area (Å²) in [5.41, 5.74) is 2.35. The fraction of sp³-hybridized carbons (Fsp3) is 0.389. The number of phenols is 1. The number of anilines is 1. The van der Waals surface area contributed by atoms with Crippen molar-refractivity contribution >= 4 is 22.9 Å². The Morgan fingerprint density at radius 2 is 1.88 bits per heavy atom. The van der Waals surface area contributed by atoms with Crippen molar-refractivity contribution in [2.24, 2.45) is 0 Å². The number of rotatable bonds is 5. The number of phenolic OH excluding ortho intramolecular Hbond substituents is 1. The molecule has 24 heavy (non-hydrogen) atoms. The summed E-state index contributed by atoms with van der Waals surface area (Å²) in [6.45, 7) is 6.66. The molecule has 0 unspecified atom stereocenters. The van der Waals surface area contributed by atoms with Crippen molar-refractivity contribution < 1.29 is 9.90 Å². The molecule has 1 aromatic heterocycles. The van der Waals surface area contributed by atoms with E-state index in [9.17, 15) is 9.90 Å². The van der Waals surface area contributed by atoms with E-state index >= 15 is 0 Å². The molecule has 0 spiro atoms. The summed E-state index contributed by atoms with van der Waals surface area (Å²) in [6, 6.07) is 9.36. The van der Waals surface area contributed by atoms with Crippen molar-refractivity contribution in [1.82, 2.24) is 10.2 Å². The van der Waals surface area contributed by atoms with E-state index in [0.29, 0.717) is 13.1 Å². The molecule has 0 atom stereocenters. The predicted octanol–water partition coefficient (Wildman–Crippen LogP) is 2.20. The number of hydrogen-bond donors (Lipinski definition) is 2. The topological polar surface area (TPSA) is 55.8 Å². The first kappa shape index (κ1) is 16.8. The molecule has 0 radical (unpaired) electrons. The summed E-state index contributed by atoms with van der Waals surface area (Å²) < 4.78 is 0. The van der Waals surface area contributed by atoms with Crippen LogP contribution >= 0.6 is 11.3 Å². The molecule has 1 fully saturated rings. The maximum absolute atomic E-state index is 12.1. The number of carbonyl (C=O) groups is 1. The van der Waals surface area contributed by atoms with Crippen LogP contribution in [0, 0.1) is 6.92 Å². The Bertz CT molecular complexity index is 676. The van der Waals surface area contributed by atoms with Crippen LogP contribution in [0.5, 0.6) is 5.75 Å². The SMILES string of the molecule is Cc1ccsc1CNC(=O)CN1CCN(c2ccc(O)cc2)CC1. The van der Waals surface area contributed by atoms with Gasteiger partial charge in [-0.05, 0) is 48.2 Å². The number of aryl methyl sites for hydroxylation is 1. The van der Waals surface area contributed by atoms with E-state index in [0.717, 1.165) is 31.9 Å². The molecule has 128 valence electrons. The molecule has 1 saturated heterocycles. The molecule has 2 aromatic rings.